The van der Waals surface area contributed by atoms with Gasteiger partial charge in [0.25, 0.3) is 0 Å². The van der Waals surface area contributed by atoms with Crippen LogP contribution in [0.1, 0.15) is 23.3 Å². The summed E-state index contributed by atoms with van der Waals surface area (Å²) in [4.78, 5) is 18.2. The van der Waals surface area contributed by atoms with Crippen molar-refractivity contribution in [1.29, 1.82) is 0 Å². The van der Waals surface area contributed by atoms with Gasteiger partial charge in [-0.3, -0.25) is 15.0 Å². The second-order valence-electron chi connectivity index (χ2n) is 9.59. The molecule has 2 N–H and O–H groups in total. The number of hydrogen-bond donors (Lipinski definition) is 2. The smallest absolute Gasteiger partial charge is 0.135 e. The molecule has 1 fully saturated rings. The van der Waals surface area contributed by atoms with Crippen LogP contribution in [0.5, 0.6) is 0 Å². The van der Waals surface area contributed by atoms with Crippen LogP contribution in [0.4, 0.5) is 0 Å². The zero-order valence-corrected chi connectivity index (χ0v) is 20.9. The molecular formula is C29H26N6S. The Morgan fingerprint density at radius 3 is 2.75 bits per heavy atom. The number of hydrogen-bond acceptors (Lipinski definition) is 5. The van der Waals surface area contributed by atoms with Gasteiger partial charge in [-0.25, -0.2) is 4.98 Å². The van der Waals surface area contributed by atoms with Gasteiger partial charge in [-0.15, -0.1) is 11.3 Å². The van der Waals surface area contributed by atoms with Crippen LogP contribution >= 0.6 is 11.3 Å². The van der Waals surface area contributed by atoms with E-state index in [1.54, 1.807) is 0 Å². The third-order valence-corrected chi connectivity index (χ3v) is 8.06. The maximum absolute atomic E-state index is 5.04. The Morgan fingerprint density at radius 1 is 0.972 bits per heavy atom. The first-order valence-corrected chi connectivity index (χ1v) is 13.2. The van der Waals surface area contributed by atoms with Gasteiger partial charge in [0.1, 0.15) is 11.2 Å². The van der Waals surface area contributed by atoms with E-state index in [9.17, 15) is 0 Å². The Bertz CT molecular complexity index is 1700. The first-order chi connectivity index (χ1) is 17.7. The van der Waals surface area contributed by atoms with Crippen LogP contribution in [0.25, 0.3) is 55.0 Å². The molecule has 7 heteroatoms. The number of aromatic amines is 2. The first kappa shape index (κ1) is 21.5. The molecule has 1 aromatic carbocycles. The Morgan fingerprint density at radius 2 is 1.89 bits per heavy atom. The topological polar surface area (TPSA) is 73.5 Å². The summed E-state index contributed by atoms with van der Waals surface area (Å²) >= 11 is 1.82. The second-order valence-corrected chi connectivity index (χ2v) is 10.9. The van der Waals surface area contributed by atoms with Gasteiger partial charge in [-0.1, -0.05) is 12.1 Å². The van der Waals surface area contributed by atoms with E-state index in [0.717, 1.165) is 45.7 Å². The van der Waals surface area contributed by atoms with Crippen LogP contribution in [0.15, 0.2) is 67.0 Å². The molecule has 7 rings (SSSR count). The summed E-state index contributed by atoms with van der Waals surface area (Å²) in [6.07, 6.45) is 6.45. The molecule has 1 aliphatic rings. The van der Waals surface area contributed by atoms with Crippen LogP contribution in [-0.2, 0) is 6.54 Å². The molecule has 0 saturated carbocycles. The van der Waals surface area contributed by atoms with E-state index < -0.39 is 0 Å². The average Bonchev–Trinajstić information content (AvgIpc) is 3.70. The quantitative estimate of drug-likeness (QED) is 0.279. The molecule has 6 nitrogen and oxygen atoms in total. The van der Waals surface area contributed by atoms with E-state index in [4.69, 9.17) is 4.98 Å². The van der Waals surface area contributed by atoms with E-state index in [0.29, 0.717) is 0 Å². The number of aromatic nitrogens is 5. The zero-order chi connectivity index (χ0) is 24.1. The minimum Gasteiger partial charge on any atom is -0.353 e. The molecule has 0 aliphatic carbocycles. The monoisotopic (exact) mass is 490 g/mol. The molecule has 6 aromatic rings. The molecule has 36 heavy (non-hydrogen) atoms. The molecule has 178 valence electrons. The van der Waals surface area contributed by atoms with Crippen molar-refractivity contribution in [3.63, 3.8) is 0 Å². The fourth-order valence-corrected chi connectivity index (χ4v) is 6.14. The van der Waals surface area contributed by atoms with Gasteiger partial charge in [0.15, 0.2) is 0 Å². The molecular weight excluding hydrogens is 464 g/mol. The highest BCUT2D eigenvalue weighted by atomic mass is 32.1. The molecule has 1 saturated heterocycles. The van der Waals surface area contributed by atoms with Gasteiger partial charge in [0, 0.05) is 50.7 Å². The lowest BCUT2D eigenvalue weighted by molar-refractivity contribution is 0.331. The van der Waals surface area contributed by atoms with E-state index >= 15 is 0 Å². The number of thiophene rings is 1. The van der Waals surface area contributed by atoms with Crippen molar-refractivity contribution in [1.82, 2.24) is 30.0 Å². The minimum atomic E-state index is 0.831. The average molecular weight is 491 g/mol. The number of pyridine rings is 2. The third kappa shape index (κ3) is 3.81. The van der Waals surface area contributed by atoms with Crippen LogP contribution in [0.3, 0.4) is 0 Å². The van der Waals surface area contributed by atoms with Crippen LogP contribution in [-0.4, -0.2) is 43.1 Å². The van der Waals surface area contributed by atoms with Crippen molar-refractivity contribution in [2.75, 3.05) is 13.1 Å². The predicted molar refractivity (Wildman–Crippen MR) is 147 cm³/mol. The van der Waals surface area contributed by atoms with Crippen molar-refractivity contribution >= 4 is 33.3 Å². The SMILES string of the molecule is Cc1ccc(-c2cccc3[nH]c(-c4n[nH]c5ccc(-c6cncc(CN7CCCC7)c6)nc45)cc23)s1. The molecule has 0 atom stereocenters. The van der Waals surface area contributed by atoms with E-state index in [1.807, 2.05) is 29.8 Å². The summed E-state index contributed by atoms with van der Waals surface area (Å²) in [6.45, 7) is 5.44. The molecule has 5 aromatic heterocycles. The van der Waals surface area contributed by atoms with Crippen molar-refractivity contribution in [3.8, 4) is 33.1 Å². The summed E-state index contributed by atoms with van der Waals surface area (Å²) in [5.41, 5.74) is 9.08. The Balaban J connectivity index is 1.28. The zero-order valence-electron chi connectivity index (χ0n) is 20.1. The fraction of sp³-hybridized carbons (Fsp3) is 0.207. The van der Waals surface area contributed by atoms with Crippen molar-refractivity contribution in [2.24, 2.45) is 0 Å². The Kier molecular flexibility index (Phi) is 5.18. The number of fused-ring (bicyclic) bond motifs is 2. The van der Waals surface area contributed by atoms with Crippen LogP contribution < -0.4 is 0 Å². The van der Waals surface area contributed by atoms with Gasteiger partial charge >= 0.3 is 0 Å². The van der Waals surface area contributed by atoms with E-state index in [2.05, 4.69) is 80.5 Å². The van der Waals surface area contributed by atoms with Gasteiger partial charge in [-0.05, 0) is 80.9 Å². The van der Waals surface area contributed by atoms with Crippen LogP contribution in [0, 0.1) is 6.92 Å². The summed E-state index contributed by atoms with van der Waals surface area (Å²) < 4.78 is 0. The Labute approximate surface area is 213 Å². The number of H-pyrrole nitrogens is 2. The maximum Gasteiger partial charge on any atom is 0.135 e. The number of nitrogens with zero attached hydrogens (tertiary/aromatic N) is 4. The van der Waals surface area contributed by atoms with Gasteiger partial charge in [-0.2, -0.15) is 5.10 Å². The number of likely N-dealkylation sites (tertiary alicyclic amines) is 1. The normalized spacial score (nSPS) is 14.4. The largest absolute Gasteiger partial charge is 0.353 e. The number of nitrogens with one attached hydrogen (secondary N) is 2. The summed E-state index contributed by atoms with van der Waals surface area (Å²) in [5.74, 6) is 0. The summed E-state index contributed by atoms with van der Waals surface area (Å²) in [6, 6.07) is 19.3. The maximum atomic E-state index is 5.04. The number of rotatable bonds is 5. The van der Waals surface area contributed by atoms with Gasteiger partial charge < -0.3 is 4.98 Å². The number of aryl methyl sites for hydroxylation is 1. The Hall–Kier alpha value is -3.81. The highest BCUT2D eigenvalue weighted by Crippen LogP contribution is 2.36. The first-order valence-electron chi connectivity index (χ1n) is 12.4. The molecule has 1 aliphatic heterocycles. The van der Waals surface area contributed by atoms with Crippen LogP contribution in [0.2, 0.25) is 0 Å². The van der Waals surface area contributed by atoms with Crippen molar-refractivity contribution in [2.45, 2.75) is 26.3 Å². The fourth-order valence-electron chi connectivity index (χ4n) is 5.24. The standard InChI is InChI=1S/C29H26N6S/c1-18-7-10-27(36-18)21-5-4-6-24-22(21)14-26(31-24)29-28-25(33-34-29)9-8-23(32-28)20-13-19(15-30-16-20)17-35-11-2-3-12-35/h4-10,13-16,31H,2-3,11-12,17H2,1H3,(H,33,34). The summed E-state index contributed by atoms with van der Waals surface area (Å²) in [7, 11) is 0. The van der Waals surface area contributed by atoms with Crippen molar-refractivity contribution in [3.05, 3.63) is 77.4 Å². The lowest BCUT2D eigenvalue weighted by Gasteiger charge is -2.14. The highest BCUT2D eigenvalue weighted by molar-refractivity contribution is 7.15. The second kappa shape index (κ2) is 8.69. The van der Waals surface area contributed by atoms with Crippen molar-refractivity contribution < 1.29 is 0 Å². The lowest BCUT2D eigenvalue weighted by atomic mass is 10.1. The highest BCUT2D eigenvalue weighted by Gasteiger charge is 2.17. The molecule has 0 amide bonds. The molecule has 0 spiro atoms. The molecule has 6 heterocycles. The summed E-state index contributed by atoms with van der Waals surface area (Å²) in [5, 5.41) is 9.01. The third-order valence-electron chi connectivity index (χ3n) is 7.03. The molecule has 0 bridgehead atoms. The van der Waals surface area contributed by atoms with Gasteiger partial charge in [0.05, 0.1) is 16.9 Å². The molecule has 0 radical (unpaired) electrons. The number of benzene rings is 1. The van der Waals surface area contributed by atoms with E-state index in [1.165, 1.54) is 52.2 Å². The minimum absolute atomic E-state index is 0.831. The predicted octanol–water partition coefficient (Wildman–Crippen LogP) is 6.80. The van der Waals surface area contributed by atoms with Gasteiger partial charge in [0.2, 0.25) is 0 Å². The van der Waals surface area contributed by atoms with E-state index in [-0.39, 0.29) is 0 Å². The molecule has 0 unspecified atom stereocenters. The lowest BCUT2D eigenvalue weighted by Crippen LogP contribution is -2.18.